The van der Waals surface area contributed by atoms with Gasteiger partial charge in [-0.2, -0.15) is 0 Å². The zero-order valence-electron chi connectivity index (χ0n) is 9.89. The van der Waals surface area contributed by atoms with Gasteiger partial charge in [0.15, 0.2) is 0 Å². The van der Waals surface area contributed by atoms with Crippen molar-refractivity contribution in [2.75, 3.05) is 12.3 Å². The summed E-state index contributed by atoms with van der Waals surface area (Å²) >= 11 is 0. The lowest BCUT2D eigenvalue weighted by Gasteiger charge is -2.16. The summed E-state index contributed by atoms with van der Waals surface area (Å²) in [6.45, 7) is 2.98. The van der Waals surface area contributed by atoms with Crippen LogP contribution < -0.4 is 11.1 Å². The molecule has 0 spiro atoms. The maximum absolute atomic E-state index is 5.86. The van der Waals surface area contributed by atoms with Gasteiger partial charge in [0.2, 0.25) is 0 Å². The molecule has 0 amide bonds. The second-order valence-corrected chi connectivity index (χ2v) is 3.92. The van der Waals surface area contributed by atoms with Crippen molar-refractivity contribution < 1.29 is 4.42 Å². The molecular weight excluding hydrogens is 214 g/mol. The molecule has 17 heavy (non-hydrogen) atoms. The number of anilines is 1. The van der Waals surface area contributed by atoms with E-state index in [9.17, 15) is 0 Å². The van der Waals surface area contributed by atoms with Crippen molar-refractivity contribution in [3.05, 3.63) is 48.0 Å². The predicted molar refractivity (Wildman–Crippen MR) is 67.5 cm³/mol. The summed E-state index contributed by atoms with van der Waals surface area (Å²) in [5.74, 6) is 0.596. The number of hydrogen-bond donors (Lipinski definition) is 2. The second kappa shape index (κ2) is 5.50. The SMILES string of the molecule is CCNC(Cc1cccnc1N)c1ccoc1. The van der Waals surface area contributed by atoms with Crippen LogP contribution in [0.5, 0.6) is 0 Å². The molecule has 2 aromatic rings. The highest BCUT2D eigenvalue weighted by Gasteiger charge is 2.13. The van der Waals surface area contributed by atoms with Crippen LogP contribution in [-0.2, 0) is 6.42 Å². The third kappa shape index (κ3) is 2.85. The highest BCUT2D eigenvalue weighted by atomic mass is 16.3. The number of nitrogens with two attached hydrogens (primary N) is 1. The molecule has 2 heterocycles. The van der Waals surface area contributed by atoms with Crippen molar-refractivity contribution >= 4 is 5.82 Å². The molecule has 1 atom stereocenters. The molecule has 4 nitrogen and oxygen atoms in total. The summed E-state index contributed by atoms with van der Waals surface area (Å²) in [6, 6.07) is 6.10. The third-order valence-electron chi connectivity index (χ3n) is 2.75. The van der Waals surface area contributed by atoms with Crippen LogP contribution in [0.25, 0.3) is 0 Å². The summed E-state index contributed by atoms with van der Waals surface area (Å²) in [7, 11) is 0. The largest absolute Gasteiger partial charge is 0.472 e. The summed E-state index contributed by atoms with van der Waals surface area (Å²) < 4.78 is 5.12. The van der Waals surface area contributed by atoms with E-state index in [2.05, 4.69) is 17.2 Å². The van der Waals surface area contributed by atoms with Crippen molar-refractivity contribution in [1.29, 1.82) is 0 Å². The smallest absolute Gasteiger partial charge is 0.126 e. The van der Waals surface area contributed by atoms with Crippen LogP contribution in [0, 0.1) is 0 Å². The van der Waals surface area contributed by atoms with Gasteiger partial charge in [-0.25, -0.2) is 4.98 Å². The van der Waals surface area contributed by atoms with E-state index in [1.807, 2.05) is 18.2 Å². The van der Waals surface area contributed by atoms with Gasteiger partial charge in [-0.15, -0.1) is 0 Å². The van der Waals surface area contributed by atoms with Crippen molar-refractivity contribution in [2.45, 2.75) is 19.4 Å². The van der Waals surface area contributed by atoms with Crippen molar-refractivity contribution in [3.8, 4) is 0 Å². The van der Waals surface area contributed by atoms with Crippen molar-refractivity contribution in [1.82, 2.24) is 10.3 Å². The first-order valence-electron chi connectivity index (χ1n) is 5.76. The third-order valence-corrected chi connectivity index (χ3v) is 2.75. The molecule has 0 fully saturated rings. The lowest BCUT2D eigenvalue weighted by Crippen LogP contribution is -2.23. The van der Waals surface area contributed by atoms with Gasteiger partial charge in [0, 0.05) is 17.8 Å². The van der Waals surface area contributed by atoms with Gasteiger partial charge in [0.05, 0.1) is 12.5 Å². The standard InChI is InChI=1S/C13H17N3O/c1-2-15-12(11-5-7-17-9-11)8-10-4-3-6-16-13(10)14/h3-7,9,12,15H,2,8H2,1H3,(H2,14,16). The molecule has 2 rings (SSSR count). The van der Waals surface area contributed by atoms with Gasteiger partial charge >= 0.3 is 0 Å². The number of nitrogen functional groups attached to an aromatic ring is 1. The van der Waals surface area contributed by atoms with E-state index < -0.39 is 0 Å². The average Bonchev–Trinajstić information content (AvgIpc) is 2.85. The zero-order valence-corrected chi connectivity index (χ0v) is 9.89. The molecule has 0 saturated heterocycles. The maximum Gasteiger partial charge on any atom is 0.126 e. The number of nitrogens with one attached hydrogen (secondary N) is 1. The van der Waals surface area contributed by atoms with Crippen molar-refractivity contribution in [2.24, 2.45) is 0 Å². The number of likely N-dealkylation sites (N-methyl/N-ethyl adjacent to an activating group) is 1. The lowest BCUT2D eigenvalue weighted by molar-refractivity contribution is 0.525. The molecule has 0 aliphatic rings. The molecule has 4 heteroatoms. The monoisotopic (exact) mass is 231 g/mol. The van der Waals surface area contributed by atoms with Crippen molar-refractivity contribution in [3.63, 3.8) is 0 Å². The number of hydrogen-bond acceptors (Lipinski definition) is 4. The number of pyridine rings is 1. The van der Waals surface area contributed by atoms with Gasteiger partial charge in [-0.3, -0.25) is 0 Å². The second-order valence-electron chi connectivity index (χ2n) is 3.92. The summed E-state index contributed by atoms with van der Waals surface area (Å²) in [4.78, 5) is 4.10. The van der Waals surface area contributed by atoms with Gasteiger partial charge in [-0.1, -0.05) is 13.0 Å². The van der Waals surface area contributed by atoms with Crippen LogP contribution in [0.2, 0.25) is 0 Å². The van der Waals surface area contributed by atoms with E-state index in [4.69, 9.17) is 10.2 Å². The Balaban J connectivity index is 2.16. The molecule has 0 aliphatic heterocycles. The van der Waals surface area contributed by atoms with Gasteiger partial charge < -0.3 is 15.5 Å². The minimum Gasteiger partial charge on any atom is -0.472 e. The molecule has 0 aliphatic carbocycles. The first-order valence-corrected chi connectivity index (χ1v) is 5.76. The number of nitrogens with zero attached hydrogens (tertiary/aromatic N) is 1. The lowest BCUT2D eigenvalue weighted by atomic mass is 10.0. The Morgan fingerprint density at radius 3 is 3.00 bits per heavy atom. The molecule has 1 unspecified atom stereocenters. The predicted octanol–water partition coefficient (Wildman–Crippen LogP) is 2.15. The topological polar surface area (TPSA) is 64.1 Å². The Labute approximate surface area is 101 Å². The molecule has 3 N–H and O–H groups in total. The van der Waals surface area contributed by atoms with Gasteiger partial charge in [-0.05, 0) is 30.7 Å². The quantitative estimate of drug-likeness (QED) is 0.827. The van der Waals surface area contributed by atoms with Crippen LogP contribution in [0.15, 0.2) is 41.3 Å². The number of rotatable bonds is 5. The van der Waals surface area contributed by atoms with E-state index in [1.165, 1.54) is 0 Å². The fourth-order valence-corrected chi connectivity index (χ4v) is 1.87. The summed E-state index contributed by atoms with van der Waals surface area (Å²) in [5, 5.41) is 3.42. The molecule has 0 bridgehead atoms. The molecule has 90 valence electrons. The summed E-state index contributed by atoms with van der Waals surface area (Å²) in [6.07, 6.45) is 5.97. The van der Waals surface area contributed by atoms with Crippen LogP contribution in [0.4, 0.5) is 5.82 Å². The Morgan fingerprint density at radius 1 is 1.47 bits per heavy atom. The molecule has 0 aromatic carbocycles. The van der Waals surface area contributed by atoms with Crippen LogP contribution in [-0.4, -0.2) is 11.5 Å². The zero-order chi connectivity index (χ0) is 12.1. The minimum absolute atomic E-state index is 0.213. The number of furan rings is 1. The van der Waals surface area contributed by atoms with Crippen LogP contribution >= 0.6 is 0 Å². The minimum atomic E-state index is 0.213. The normalized spacial score (nSPS) is 12.5. The molecule has 0 radical (unpaired) electrons. The Bertz CT molecular complexity index is 453. The average molecular weight is 231 g/mol. The van der Waals surface area contributed by atoms with E-state index in [0.717, 1.165) is 24.1 Å². The van der Waals surface area contributed by atoms with Gasteiger partial charge in [0.25, 0.3) is 0 Å². The highest BCUT2D eigenvalue weighted by molar-refractivity contribution is 5.39. The molecule has 0 saturated carbocycles. The summed E-state index contributed by atoms with van der Waals surface area (Å²) in [5.41, 5.74) is 8.05. The van der Waals surface area contributed by atoms with Gasteiger partial charge in [0.1, 0.15) is 5.82 Å². The van der Waals surface area contributed by atoms with Crippen LogP contribution in [0.1, 0.15) is 24.1 Å². The Kier molecular flexibility index (Phi) is 3.77. The number of aromatic nitrogens is 1. The van der Waals surface area contributed by atoms with E-state index in [-0.39, 0.29) is 6.04 Å². The fraction of sp³-hybridized carbons (Fsp3) is 0.308. The maximum atomic E-state index is 5.86. The van der Waals surface area contributed by atoms with E-state index in [0.29, 0.717) is 5.82 Å². The van der Waals surface area contributed by atoms with E-state index >= 15 is 0 Å². The Hall–Kier alpha value is -1.81. The molecule has 2 aromatic heterocycles. The molecular formula is C13H17N3O. The van der Waals surface area contributed by atoms with E-state index in [1.54, 1.807) is 18.7 Å². The Morgan fingerprint density at radius 2 is 2.35 bits per heavy atom. The van der Waals surface area contributed by atoms with Crippen LogP contribution in [0.3, 0.4) is 0 Å². The first-order chi connectivity index (χ1) is 8.31. The first kappa shape index (κ1) is 11.7. The highest BCUT2D eigenvalue weighted by Crippen LogP contribution is 2.20. The fourth-order valence-electron chi connectivity index (χ4n) is 1.87.